The lowest BCUT2D eigenvalue weighted by atomic mass is 10.1. The van der Waals surface area contributed by atoms with Crippen molar-refractivity contribution in [1.29, 1.82) is 0 Å². The van der Waals surface area contributed by atoms with Gasteiger partial charge < -0.3 is 19.5 Å². The molecule has 0 spiro atoms. The number of ether oxygens (including phenoxy) is 3. The molecule has 1 N–H and O–H groups in total. The quantitative estimate of drug-likeness (QED) is 0.556. The van der Waals surface area contributed by atoms with Crippen LogP contribution in [0.4, 0.5) is 0 Å². The first-order chi connectivity index (χ1) is 14.1. The van der Waals surface area contributed by atoms with E-state index < -0.39 is 6.10 Å². The van der Waals surface area contributed by atoms with Crippen LogP contribution in [0.25, 0.3) is 0 Å². The van der Waals surface area contributed by atoms with Gasteiger partial charge in [-0.25, -0.2) is 4.79 Å². The smallest absolute Gasteiger partial charge is 0.335 e. The number of amides is 1. The third-order valence-electron chi connectivity index (χ3n) is 4.21. The van der Waals surface area contributed by atoms with E-state index >= 15 is 0 Å². The molecule has 0 aliphatic heterocycles. The van der Waals surface area contributed by atoms with Crippen molar-refractivity contribution in [1.82, 2.24) is 5.32 Å². The van der Waals surface area contributed by atoms with Crippen LogP contribution >= 0.6 is 0 Å². The Balaban J connectivity index is 1.74. The molecule has 1 atom stereocenters. The molecule has 29 heavy (non-hydrogen) atoms. The summed E-state index contributed by atoms with van der Waals surface area (Å²) in [5.41, 5.74) is 2.11. The lowest BCUT2D eigenvalue weighted by molar-refractivity contribution is -0.156. The zero-order valence-electron chi connectivity index (χ0n) is 17.1. The van der Waals surface area contributed by atoms with Gasteiger partial charge in [-0.3, -0.25) is 4.79 Å². The predicted octanol–water partition coefficient (Wildman–Crippen LogP) is 2.94. The lowest BCUT2D eigenvalue weighted by Gasteiger charge is -2.15. The molecular formula is C23H29NO5. The highest BCUT2D eigenvalue weighted by Crippen LogP contribution is 2.15. The van der Waals surface area contributed by atoms with Crippen molar-refractivity contribution in [2.75, 3.05) is 26.4 Å². The number of esters is 1. The second kappa shape index (κ2) is 12.6. The van der Waals surface area contributed by atoms with Crippen LogP contribution in [0.5, 0.6) is 5.75 Å². The van der Waals surface area contributed by atoms with Crippen LogP contribution in [0.15, 0.2) is 54.6 Å². The van der Waals surface area contributed by atoms with E-state index in [9.17, 15) is 9.59 Å². The van der Waals surface area contributed by atoms with Gasteiger partial charge in [0.05, 0.1) is 6.61 Å². The number of carbonyl (C=O) groups is 2. The van der Waals surface area contributed by atoms with E-state index in [1.165, 1.54) is 5.56 Å². The Morgan fingerprint density at radius 1 is 0.931 bits per heavy atom. The first kappa shape index (κ1) is 22.4. The van der Waals surface area contributed by atoms with Crippen LogP contribution in [-0.2, 0) is 31.9 Å². The second-order valence-corrected chi connectivity index (χ2v) is 6.42. The molecule has 0 saturated carbocycles. The maximum absolute atomic E-state index is 11.9. The largest absolute Gasteiger partial charge is 0.484 e. The van der Waals surface area contributed by atoms with Gasteiger partial charge in [-0.1, -0.05) is 42.5 Å². The van der Waals surface area contributed by atoms with E-state index in [-0.39, 0.29) is 18.5 Å². The van der Waals surface area contributed by atoms with Crippen LogP contribution in [0.2, 0.25) is 0 Å². The highest BCUT2D eigenvalue weighted by atomic mass is 16.6. The maximum Gasteiger partial charge on any atom is 0.335 e. The molecule has 2 aromatic carbocycles. The standard InChI is InChI=1S/C23H29NO5/c1-3-27-21(23(26)28-4-2)16-19-10-12-20(13-11-19)29-17-22(25)24-15-14-18-8-6-5-7-9-18/h5-13,21H,3-4,14-17H2,1-2H3,(H,24,25). The average Bonchev–Trinajstić information content (AvgIpc) is 2.74. The van der Waals surface area contributed by atoms with E-state index in [0.717, 1.165) is 12.0 Å². The molecule has 0 radical (unpaired) electrons. The Bertz CT molecular complexity index is 746. The van der Waals surface area contributed by atoms with Crippen molar-refractivity contribution in [3.8, 4) is 5.75 Å². The van der Waals surface area contributed by atoms with Crippen LogP contribution in [0.1, 0.15) is 25.0 Å². The number of hydrogen-bond donors (Lipinski definition) is 1. The Morgan fingerprint density at radius 2 is 1.66 bits per heavy atom. The zero-order chi connectivity index (χ0) is 20.9. The van der Waals surface area contributed by atoms with Crippen molar-refractivity contribution >= 4 is 11.9 Å². The molecule has 6 nitrogen and oxygen atoms in total. The fraction of sp³-hybridized carbons (Fsp3) is 0.391. The van der Waals surface area contributed by atoms with Crippen molar-refractivity contribution in [3.05, 3.63) is 65.7 Å². The first-order valence-corrected chi connectivity index (χ1v) is 9.93. The van der Waals surface area contributed by atoms with Gasteiger partial charge in [0.2, 0.25) is 0 Å². The van der Waals surface area contributed by atoms with Crippen molar-refractivity contribution in [3.63, 3.8) is 0 Å². The van der Waals surface area contributed by atoms with Crippen LogP contribution in [0.3, 0.4) is 0 Å². The summed E-state index contributed by atoms with van der Waals surface area (Å²) in [6, 6.07) is 17.3. The summed E-state index contributed by atoms with van der Waals surface area (Å²) in [7, 11) is 0. The molecular weight excluding hydrogens is 370 g/mol. The average molecular weight is 399 g/mol. The highest BCUT2D eigenvalue weighted by Gasteiger charge is 2.20. The topological polar surface area (TPSA) is 73.9 Å². The van der Waals surface area contributed by atoms with Crippen molar-refractivity contribution < 1.29 is 23.8 Å². The summed E-state index contributed by atoms with van der Waals surface area (Å²) >= 11 is 0. The minimum absolute atomic E-state index is 0.0431. The summed E-state index contributed by atoms with van der Waals surface area (Å²) in [5.74, 6) is 0.0710. The zero-order valence-corrected chi connectivity index (χ0v) is 17.1. The molecule has 0 aliphatic carbocycles. The third-order valence-corrected chi connectivity index (χ3v) is 4.21. The van der Waals surface area contributed by atoms with E-state index in [4.69, 9.17) is 14.2 Å². The molecule has 0 bridgehead atoms. The van der Waals surface area contributed by atoms with E-state index in [1.54, 1.807) is 19.1 Å². The summed E-state index contributed by atoms with van der Waals surface area (Å²) < 4.78 is 16.1. The summed E-state index contributed by atoms with van der Waals surface area (Å²) in [5, 5.41) is 2.85. The van der Waals surface area contributed by atoms with Gasteiger partial charge in [0.15, 0.2) is 12.7 Å². The van der Waals surface area contributed by atoms with Crippen LogP contribution in [-0.4, -0.2) is 44.3 Å². The Kier molecular flexibility index (Phi) is 9.72. The number of rotatable bonds is 12. The number of benzene rings is 2. The predicted molar refractivity (Wildman–Crippen MR) is 111 cm³/mol. The van der Waals surface area contributed by atoms with Crippen LogP contribution in [0, 0.1) is 0 Å². The Labute approximate surface area is 172 Å². The van der Waals surface area contributed by atoms with E-state index in [2.05, 4.69) is 5.32 Å². The van der Waals surface area contributed by atoms with E-state index in [1.807, 2.05) is 49.4 Å². The van der Waals surface area contributed by atoms with Gasteiger partial charge in [-0.15, -0.1) is 0 Å². The first-order valence-electron chi connectivity index (χ1n) is 9.93. The fourth-order valence-electron chi connectivity index (χ4n) is 2.77. The van der Waals surface area contributed by atoms with E-state index in [0.29, 0.717) is 31.9 Å². The SMILES string of the molecule is CCOC(=O)C(Cc1ccc(OCC(=O)NCCc2ccccc2)cc1)OCC. The summed E-state index contributed by atoms with van der Waals surface area (Å²) in [4.78, 5) is 23.9. The minimum Gasteiger partial charge on any atom is -0.484 e. The second-order valence-electron chi connectivity index (χ2n) is 6.42. The van der Waals surface area contributed by atoms with Gasteiger partial charge >= 0.3 is 5.97 Å². The molecule has 0 aliphatic rings. The molecule has 0 aromatic heterocycles. The van der Waals surface area contributed by atoms with Gasteiger partial charge in [0.25, 0.3) is 5.91 Å². The minimum atomic E-state index is -0.623. The van der Waals surface area contributed by atoms with Gasteiger partial charge in [-0.2, -0.15) is 0 Å². The monoisotopic (exact) mass is 399 g/mol. The normalized spacial score (nSPS) is 11.5. The van der Waals surface area contributed by atoms with Gasteiger partial charge in [-0.05, 0) is 43.5 Å². The third kappa shape index (κ3) is 8.35. The Hall–Kier alpha value is -2.86. The highest BCUT2D eigenvalue weighted by molar-refractivity contribution is 5.77. The summed E-state index contributed by atoms with van der Waals surface area (Å²) in [6.07, 6.45) is 0.581. The molecule has 0 fully saturated rings. The van der Waals surface area contributed by atoms with Gasteiger partial charge in [0.1, 0.15) is 5.75 Å². The summed E-state index contributed by atoms with van der Waals surface area (Å²) in [6.45, 7) is 4.89. The molecule has 0 heterocycles. The number of carbonyl (C=O) groups excluding carboxylic acids is 2. The van der Waals surface area contributed by atoms with Crippen LogP contribution < -0.4 is 10.1 Å². The molecule has 6 heteroatoms. The molecule has 0 saturated heterocycles. The molecule has 1 unspecified atom stereocenters. The fourth-order valence-corrected chi connectivity index (χ4v) is 2.77. The molecule has 156 valence electrons. The molecule has 1 amide bonds. The molecule has 2 aromatic rings. The molecule has 2 rings (SSSR count). The number of hydrogen-bond acceptors (Lipinski definition) is 5. The number of nitrogens with one attached hydrogen (secondary N) is 1. The van der Waals surface area contributed by atoms with Crippen molar-refractivity contribution in [2.45, 2.75) is 32.8 Å². The maximum atomic E-state index is 11.9. The lowest BCUT2D eigenvalue weighted by Crippen LogP contribution is -2.30. The Morgan fingerprint density at radius 3 is 2.31 bits per heavy atom. The van der Waals surface area contributed by atoms with Gasteiger partial charge in [0, 0.05) is 19.6 Å². The van der Waals surface area contributed by atoms with Crippen molar-refractivity contribution in [2.24, 2.45) is 0 Å².